The van der Waals surface area contributed by atoms with Crippen LogP contribution in [-0.2, 0) is 9.59 Å². The van der Waals surface area contributed by atoms with Gasteiger partial charge in [0.1, 0.15) is 5.76 Å². The number of amides is 1. The van der Waals surface area contributed by atoms with Crippen LogP contribution in [0.1, 0.15) is 39.5 Å². The van der Waals surface area contributed by atoms with Gasteiger partial charge >= 0.3 is 5.91 Å². The van der Waals surface area contributed by atoms with Crippen LogP contribution in [-0.4, -0.2) is 32.5 Å². The molecule has 8 heteroatoms. The lowest BCUT2D eigenvalue weighted by Gasteiger charge is -2.22. The van der Waals surface area contributed by atoms with Crippen LogP contribution in [0.25, 0.3) is 5.76 Å². The van der Waals surface area contributed by atoms with E-state index in [9.17, 15) is 19.5 Å². The molecule has 7 nitrogen and oxygen atoms in total. The maximum absolute atomic E-state index is 13.0. The molecule has 1 unspecified atom stereocenters. The highest BCUT2D eigenvalue weighted by Gasteiger charge is 2.48. The number of rotatable bonds is 4. The van der Waals surface area contributed by atoms with Crippen LogP contribution in [0.2, 0.25) is 0 Å². The molecular formula is C22H17N3O4S. The highest BCUT2D eigenvalue weighted by Crippen LogP contribution is 2.43. The van der Waals surface area contributed by atoms with Gasteiger partial charge in [-0.05, 0) is 24.6 Å². The van der Waals surface area contributed by atoms with E-state index in [-0.39, 0.29) is 22.2 Å². The van der Waals surface area contributed by atoms with Crippen molar-refractivity contribution in [2.45, 2.75) is 19.9 Å². The highest BCUT2D eigenvalue weighted by atomic mass is 32.1. The number of hydrogen-bond donors (Lipinski definition) is 1. The largest absolute Gasteiger partial charge is 0.507 e. The number of aryl methyl sites for hydroxylation is 1. The van der Waals surface area contributed by atoms with Crippen molar-refractivity contribution < 1.29 is 19.5 Å². The molecule has 1 fully saturated rings. The summed E-state index contributed by atoms with van der Waals surface area (Å²) >= 11 is 1.06. The molecule has 3 aromatic rings. The fraction of sp³-hybridized carbons (Fsp3) is 0.136. The van der Waals surface area contributed by atoms with E-state index in [1.54, 1.807) is 43.3 Å². The number of ketones is 2. The highest BCUT2D eigenvalue weighted by molar-refractivity contribution is 7.18. The van der Waals surface area contributed by atoms with Crippen LogP contribution >= 0.6 is 11.3 Å². The normalized spacial score (nSPS) is 18.1. The Morgan fingerprint density at radius 2 is 1.77 bits per heavy atom. The maximum atomic E-state index is 13.0. The van der Waals surface area contributed by atoms with E-state index in [4.69, 9.17) is 0 Å². The lowest BCUT2D eigenvalue weighted by molar-refractivity contribution is -0.132. The van der Waals surface area contributed by atoms with Crippen LogP contribution in [0.15, 0.2) is 60.4 Å². The van der Waals surface area contributed by atoms with Gasteiger partial charge in [-0.2, -0.15) is 0 Å². The van der Waals surface area contributed by atoms with Gasteiger partial charge in [0.05, 0.1) is 22.2 Å². The van der Waals surface area contributed by atoms with E-state index in [1.165, 1.54) is 24.2 Å². The number of carbonyl (C=O) groups excluding carboxylic acids is 3. The molecule has 1 N–H and O–H groups in total. The first-order chi connectivity index (χ1) is 14.4. The lowest BCUT2D eigenvalue weighted by atomic mass is 9.96. The zero-order valence-electron chi connectivity index (χ0n) is 16.2. The van der Waals surface area contributed by atoms with Crippen molar-refractivity contribution in [3.05, 3.63) is 82.1 Å². The number of benzene rings is 1. The van der Waals surface area contributed by atoms with Gasteiger partial charge in [0.25, 0.3) is 5.78 Å². The Labute approximate surface area is 176 Å². The first kappa shape index (κ1) is 19.7. The molecule has 0 bridgehead atoms. The number of pyridine rings is 1. The monoisotopic (exact) mass is 419 g/mol. The topological polar surface area (TPSA) is 100 Å². The summed E-state index contributed by atoms with van der Waals surface area (Å²) in [5.41, 5.74) is 1.48. The van der Waals surface area contributed by atoms with Gasteiger partial charge in [0, 0.05) is 24.9 Å². The summed E-state index contributed by atoms with van der Waals surface area (Å²) in [4.78, 5) is 47.9. The molecule has 30 heavy (non-hydrogen) atoms. The van der Waals surface area contributed by atoms with Gasteiger partial charge in [0.2, 0.25) is 0 Å². The fourth-order valence-corrected chi connectivity index (χ4v) is 4.45. The molecule has 4 rings (SSSR count). The number of carbonyl (C=O) groups is 3. The van der Waals surface area contributed by atoms with E-state index in [0.717, 1.165) is 11.3 Å². The quantitative estimate of drug-likeness (QED) is 0.300. The molecule has 1 amide bonds. The van der Waals surface area contributed by atoms with E-state index in [2.05, 4.69) is 9.97 Å². The maximum Gasteiger partial charge on any atom is 0.301 e. The third-order valence-electron chi connectivity index (χ3n) is 4.82. The number of hydrogen-bond acceptors (Lipinski definition) is 7. The second-order valence-corrected chi connectivity index (χ2v) is 7.76. The molecule has 0 radical (unpaired) electrons. The summed E-state index contributed by atoms with van der Waals surface area (Å²) in [5, 5.41) is 11.2. The molecule has 3 heterocycles. The molecular weight excluding hydrogens is 402 g/mol. The molecule has 1 saturated heterocycles. The first-order valence-electron chi connectivity index (χ1n) is 9.15. The van der Waals surface area contributed by atoms with Crippen molar-refractivity contribution in [3.8, 4) is 0 Å². The Hall–Kier alpha value is -3.65. The van der Waals surface area contributed by atoms with E-state index in [1.807, 2.05) is 6.07 Å². The molecule has 150 valence electrons. The summed E-state index contributed by atoms with van der Waals surface area (Å²) in [6.07, 6.45) is 2.98. The average Bonchev–Trinajstić information content (AvgIpc) is 3.26. The van der Waals surface area contributed by atoms with Gasteiger partial charge in [-0.1, -0.05) is 41.7 Å². The first-order valence-corrected chi connectivity index (χ1v) is 9.96. The van der Waals surface area contributed by atoms with Crippen molar-refractivity contribution in [1.82, 2.24) is 9.97 Å². The molecule has 0 spiro atoms. The third kappa shape index (κ3) is 3.21. The number of Topliss-reactive ketones (excluding diaryl/α,β-unsaturated/α-hetero) is 2. The summed E-state index contributed by atoms with van der Waals surface area (Å²) in [6, 6.07) is 11.2. The van der Waals surface area contributed by atoms with Gasteiger partial charge in [-0.15, -0.1) is 0 Å². The van der Waals surface area contributed by atoms with Crippen molar-refractivity contribution in [1.29, 1.82) is 0 Å². The molecule has 2 aromatic heterocycles. The molecule has 0 saturated carbocycles. The molecule has 1 aromatic carbocycles. The van der Waals surface area contributed by atoms with Crippen molar-refractivity contribution in [2.24, 2.45) is 0 Å². The second kappa shape index (κ2) is 7.64. The van der Waals surface area contributed by atoms with Crippen LogP contribution in [0, 0.1) is 6.92 Å². The molecule has 1 atom stereocenters. The predicted octanol–water partition coefficient (Wildman–Crippen LogP) is 3.68. The molecule has 1 aliphatic heterocycles. The number of anilines is 1. The Balaban J connectivity index is 1.94. The fourth-order valence-electron chi connectivity index (χ4n) is 3.46. The Bertz CT molecular complexity index is 1190. The number of aliphatic hydroxyl groups is 1. The Kier molecular flexibility index (Phi) is 5.01. The third-order valence-corrected chi connectivity index (χ3v) is 6.08. The molecule has 1 aliphatic rings. The van der Waals surface area contributed by atoms with Crippen LogP contribution < -0.4 is 4.90 Å². The number of thiazole rings is 1. The summed E-state index contributed by atoms with van der Waals surface area (Å²) in [7, 11) is 0. The second-order valence-electron chi connectivity index (χ2n) is 6.78. The predicted molar refractivity (Wildman–Crippen MR) is 112 cm³/mol. The summed E-state index contributed by atoms with van der Waals surface area (Å²) < 4.78 is 0. The number of nitrogens with zero attached hydrogens (tertiary/aromatic N) is 3. The van der Waals surface area contributed by atoms with E-state index < -0.39 is 17.7 Å². The van der Waals surface area contributed by atoms with Gasteiger partial charge in [0.15, 0.2) is 10.9 Å². The zero-order chi connectivity index (χ0) is 21.4. The summed E-state index contributed by atoms with van der Waals surface area (Å²) in [6.45, 7) is 3.11. The van der Waals surface area contributed by atoms with Crippen LogP contribution in [0.4, 0.5) is 5.13 Å². The van der Waals surface area contributed by atoms with Crippen molar-refractivity contribution in [2.75, 3.05) is 4.90 Å². The van der Waals surface area contributed by atoms with E-state index >= 15 is 0 Å². The van der Waals surface area contributed by atoms with Gasteiger partial charge in [-0.25, -0.2) is 4.98 Å². The summed E-state index contributed by atoms with van der Waals surface area (Å²) in [5.74, 6) is -2.06. The number of aromatic nitrogens is 2. The van der Waals surface area contributed by atoms with Gasteiger partial charge < -0.3 is 5.11 Å². The van der Waals surface area contributed by atoms with Crippen molar-refractivity contribution >= 4 is 39.7 Å². The van der Waals surface area contributed by atoms with E-state index in [0.29, 0.717) is 21.7 Å². The van der Waals surface area contributed by atoms with Crippen molar-refractivity contribution in [3.63, 3.8) is 0 Å². The standard InChI is InChI=1S/C22H17N3O4S/c1-12-20(13(2)26)30-22(24-12)25-17(14-6-4-3-5-7-14)16(19(28)21(25)29)18(27)15-8-10-23-11-9-15/h3-11,17,27H,1-2H3. The zero-order valence-corrected chi connectivity index (χ0v) is 17.0. The smallest absolute Gasteiger partial charge is 0.301 e. The van der Waals surface area contributed by atoms with Crippen LogP contribution in [0.5, 0.6) is 0 Å². The minimum Gasteiger partial charge on any atom is -0.507 e. The molecule has 0 aliphatic carbocycles. The average molecular weight is 419 g/mol. The minimum absolute atomic E-state index is 0.0328. The Morgan fingerprint density at radius 3 is 2.37 bits per heavy atom. The van der Waals surface area contributed by atoms with Crippen LogP contribution in [0.3, 0.4) is 0 Å². The minimum atomic E-state index is -0.871. The number of aliphatic hydroxyl groups excluding tert-OH is 1. The lowest BCUT2D eigenvalue weighted by Crippen LogP contribution is -2.29. The van der Waals surface area contributed by atoms with Gasteiger partial charge in [-0.3, -0.25) is 24.3 Å². The Morgan fingerprint density at radius 1 is 1.10 bits per heavy atom. The SMILES string of the molecule is CC(=O)c1sc(N2C(=O)C(=O)C(=C(O)c3ccncc3)C2c2ccccc2)nc1C.